The van der Waals surface area contributed by atoms with Crippen LogP contribution in [0.2, 0.25) is 0 Å². The molecule has 0 radical (unpaired) electrons. The van der Waals surface area contributed by atoms with Crippen LogP contribution < -0.4 is 9.47 Å². The van der Waals surface area contributed by atoms with E-state index in [1.165, 1.54) is 12.1 Å². The standard InChI is InChI=1S/C18H15FN2O2/c1-9-6-15(23-3)21-18-14(22-2)8-13-17(16(9)18)11-5-4-10(19)7-12(11)20-13/h4-8,20H,1-3H3. The SMILES string of the molecule is COc1cc(C)c2c(n1)c(OC)cc1[nH]c3cc(F)ccc3c12. The van der Waals surface area contributed by atoms with Crippen LogP contribution in [0.5, 0.6) is 11.6 Å². The van der Waals surface area contributed by atoms with Crippen LogP contribution >= 0.6 is 0 Å². The molecule has 2 aromatic heterocycles. The lowest BCUT2D eigenvalue weighted by molar-refractivity contribution is 0.396. The highest BCUT2D eigenvalue weighted by Crippen LogP contribution is 2.39. The minimum absolute atomic E-state index is 0.267. The van der Waals surface area contributed by atoms with Crippen LogP contribution in [0.15, 0.2) is 30.3 Å². The van der Waals surface area contributed by atoms with E-state index in [2.05, 4.69) is 9.97 Å². The van der Waals surface area contributed by atoms with E-state index in [0.717, 1.165) is 38.3 Å². The molecular formula is C18H15FN2O2. The van der Waals surface area contributed by atoms with Gasteiger partial charge in [0.05, 0.1) is 19.7 Å². The number of aromatic nitrogens is 2. The molecule has 0 saturated heterocycles. The molecule has 23 heavy (non-hydrogen) atoms. The van der Waals surface area contributed by atoms with Crippen molar-refractivity contribution in [3.05, 3.63) is 41.7 Å². The molecule has 5 heteroatoms. The third-order valence-corrected chi connectivity index (χ3v) is 4.17. The quantitative estimate of drug-likeness (QED) is 0.599. The zero-order valence-corrected chi connectivity index (χ0v) is 13.0. The summed E-state index contributed by atoms with van der Waals surface area (Å²) < 4.78 is 24.3. The number of halogens is 1. The molecule has 4 nitrogen and oxygen atoms in total. The van der Waals surface area contributed by atoms with Gasteiger partial charge in [0.1, 0.15) is 17.1 Å². The number of fused-ring (bicyclic) bond motifs is 5. The lowest BCUT2D eigenvalue weighted by Crippen LogP contribution is -1.94. The largest absolute Gasteiger partial charge is 0.494 e. The van der Waals surface area contributed by atoms with Crippen LogP contribution in [-0.2, 0) is 0 Å². The number of ether oxygens (including phenoxy) is 2. The maximum absolute atomic E-state index is 13.5. The fourth-order valence-corrected chi connectivity index (χ4v) is 3.16. The Labute approximate surface area is 131 Å². The van der Waals surface area contributed by atoms with E-state index in [4.69, 9.17) is 9.47 Å². The predicted octanol–water partition coefficient (Wildman–Crippen LogP) is 4.33. The van der Waals surface area contributed by atoms with Crippen molar-refractivity contribution in [1.82, 2.24) is 9.97 Å². The average molecular weight is 310 g/mol. The predicted molar refractivity (Wildman–Crippen MR) is 88.9 cm³/mol. The number of rotatable bonds is 2. The Morgan fingerprint density at radius 2 is 1.83 bits per heavy atom. The molecule has 0 saturated carbocycles. The van der Waals surface area contributed by atoms with Crippen molar-refractivity contribution in [2.45, 2.75) is 6.92 Å². The fourth-order valence-electron chi connectivity index (χ4n) is 3.16. The molecular weight excluding hydrogens is 295 g/mol. The van der Waals surface area contributed by atoms with Gasteiger partial charge >= 0.3 is 0 Å². The summed E-state index contributed by atoms with van der Waals surface area (Å²) in [4.78, 5) is 7.81. The van der Waals surface area contributed by atoms with E-state index in [1.54, 1.807) is 20.3 Å². The van der Waals surface area contributed by atoms with Crippen molar-refractivity contribution < 1.29 is 13.9 Å². The van der Waals surface area contributed by atoms with Gasteiger partial charge in [0.15, 0.2) is 0 Å². The maximum Gasteiger partial charge on any atom is 0.213 e. The van der Waals surface area contributed by atoms with E-state index in [1.807, 2.05) is 19.1 Å². The summed E-state index contributed by atoms with van der Waals surface area (Å²) in [5.74, 6) is 0.928. The molecule has 4 rings (SSSR count). The fraction of sp³-hybridized carbons (Fsp3) is 0.167. The third kappa shape index (κ3) is 1.93. The number of nitrogens with zero attached hydrogens (tertiary/aromatic N) is 1. The van der Waals surface area contributed by atoms with Crippen molar-refractivity contribution in [3.63, 3.8) is 0 Å². The number of aryl methyl sites for hydroxylation is 1. The number of hydrogen-bond acceptors (Lipinski definition) is 3. The Morgan fingerprint density at radius 3 is 2.57 bits per heavy atom. The van der Waals surface area contributed by atoms with Gasteiger partial charge in [-0.15, -0.1) is 0 Å². The minimum atomic E-state index is -0.267. The summed E-state index contributed by atoms with van der Waals surface area (Å²) in [7, 11) is 3.20. The molecule has 0 bridgehead atoms. The Kier molecular flexibility index (Phi) is 2.91. The van der Waals surface area contributed by atoms with E-state index in [-0.39, 0.29) is 5.82 Å². The van der Waals surface area contributed by atoms with Crippen molar-refractivity contribution in [1.29, 1.82) is 0 Å². The number of nitrogens with one attached hydrogen (secondary N) is 1. The van der Waals surface area contributed by atoms with Crippen molar-refractivity contribution in [3.8, 4) is 11.6 Å². The van der Waals surface area contributed by atoms with E-state index in [9.17, 15) is 4.39 Å². The second-order valence-electron chi connectivity index (χ2n) is 5.52. The monoisotopic (exact) mass is 310 g/mol. The summed E-state index contributed by atoms with van der Waals surface area (Å²) in [6.07, 6.45) is 0. The van der Waals surface area contributed by atoms with Crippen LogP contribution in [0.25, 0.3) is 32.7 Å². The van der Waals surface area contributed by atoms with Gasteiger partial charge in [-0.3, -0.25) is 0 Å². The highest BCUT2D eigenvalue weighted by Gasteiger charge is 2.16. The Bertz CT molecular complexity index is 1070. The molecule has 0 aliphatic carbocycles. The Hall–Kier alpha value is -2.82. The summed E-state index contributed by atoms with van der Waals surface area (Å²) in [6.45, 7) is 2.01. The number of hydrogen-bond donors (Lipinski definition) is 1. The van der Waals surface area contributed by atoms with Crippen LogP contribution in [0.3, 0.4) is 0 Å². The van der Waals surface area contributed by atoms with Crippen LogP contribution in [0.4, 0.5) is 4.39 Å². The topological polar surface area (TPSA) is 47.1 Å². The molecule has 0 aliphatic heterocycles. The van der Waals surface area contributed by atoms with Crippen LogP contribution in [0.1, 0.15) is 5.56 Å². The first kappa shape index (κ1) is 13.8. The van der Waals surface area contributed by atoms with E-state index in [0.29, 0.717) is 11.6 Å². The first-order chi connectivity index (χ1) is 11.1. The highest BCUT2D eigenvalue weighted by molar-refractivity contribution is 6.21. The van der Waals surface area contributed by atoms with Crippen LogP contribution in [0, 0.1) is 12.7 Å². The molecule has 0 fully saturated rings. The van der Waals surface area contributed by atoms with Crippen LogP contribution in [-0.4, -0.2) is 24.2 Å². The third-order valence-electron chi connectivity index (χ3n) is 4.17. The zero-order valence-electron chi connectivity index (χ0n) is 13.0. The van der Waals surface area contributed by atoms with Gasteiger partial charge in [0.25, 0.3) is 0 Å². The van der Waals surface area contributed by atoms with E-state index >= 15 is 0 Å². The molecule has 2 aromatic carbocycles. The molecule has 116 valence electrons. The van der Waals surface area contributed by atoms with Gasteiger partial charge in [-0.05, 0) is 30.7 Å². The first-order valence-corrected chi connectivity index (χ1v) is 7.25. The van der Waals surface area contributed by atoms with Gasteiger partial charge in [-0.2, -0.15) is 0 Å². The molecule has 4 aromatic rings. The molecule has 0 amide bonds. The zero-order chi connectivity index (χ0) is 16.1. The number of pyridine rings is 1. The second-order valence-corrected chi connectivity index (χ2v) is 5.52. The molecule has 1 N–H and O–H groups in total. The number of aromatic amines is 1. The van der Waals surface area contributed by atoms with Crippen molar-refractivity contribution in [2.24, 2.45) is 0 Å². The van der Waals surface area contributed by atoms with Crippen molar-refractivity contribution in [2.75, 3.05) is 14.2 Å². The normalized spacial score (nSPS) is 11.5. The smallest absolute Gasteiger partial charge is 0.213 e. The highest BCUT2D eigenvalue weighted by atomic mass is 19.1. The lowest BCUT2D eigenvalue weighted by atomic mass is 10.0. The van der Waals surface area contributed by atoms with Gasteiger partial charge in [0, 0.05) is 33.8 Å². The second kappa shape index (κ2) is 4.84. The van der Waals surface area contributed by atoms with E-state index < -0.39 is 0 Å². The molecule has 2 heterocycles. The number of methoxy groups -OCH3 is 2. The first-order valence-electron chi connectivity index (χ1n) is 7.25. The summed E-state index contributed by atoms with van der Waals surface area (Å²) >= 11 is 0. The molecule has 0 atom stereocenters. The number of benzene rings is 2. The van der Waals surface area contributed by atoms with Gasteiger partial charge in [-0.1, -0.05) is 0 Å². The molecule has 0 aliphatic rings. The van der Waals surface area contributed by atoms with Gasteiger partial charge in [0.2, 0.25) is 5.88 Å². The summed E-state index contributed by atoms with van der Waals surface area (Å²) in [6, 6.07) is 8.54. The Balaban J connectivity index is 2.28. The minimum Gasteiger partial charge on any atom is -0.494 e. The number of H-pyrrole nitrogens is 1. The summed E-state index contributed by atoms with van der Waals surface area (Å²) in [5.41, 5.74) is 3.41. The summed E-state index contributed by atoms with van der Waals surface area (Å²) in [5, 5.41) is 2.96. The van der Waals surface area contributed by atoms with Gasteiger partial charge < -0.3 is 14.5 Å². The lowest BCUT2D eigenvalue weighted by Gasteiger charge is -2.11. The molecule has 0 spiro atoms. The maximum atomic E-state index is 13.5. The van der Waals surface area contributed by atoms with Crippen molar-refractivity contribution >= 4 is 32.7 Å². The Morgan fingerprint density at radius 1 is 1.00 bits per heavy atom. The van der Waals surface area contributed by atoms with Gasteiger partial charge in [-0.25, -0.2) is 9.37 Å². The average Bonchev–Trinajstić information content (AvgIpc) is 2.90. The molecule has 0 unspecified atom stereocenters.